The van der Waals surface area contributed by atoms with Gasteiger partial charge >= 0.3 is 0 Å². The second-order valence-corrected chi connectivity index (χ2v) is 6.19. The smallest absolute Gasteiger partial charge is 0.261 e. The summed E-state index contributed by atoms with van der Waals surface area (Å²) in [5.74, 6) is 1.20. The van der Waals surface area contributed by atoms with Gasteiger partial charge < -0.3 is 14.4 Å². The fourth-order valence-electron chi connectivity index (χ4n) is 3.30. The summed E-state index contributed by atoms with van der Waals surface area (Å²) in [6, 6.07) is 14.9. The van der Waals surface area contributed by atoms with Crippen molar-refractivity contribution in [3.8, 4) is 11.5 Å². The van der Waals surface area contributed by atoms with E-state index in [0.717, 1.165) is 37.0 Å². The zero-order chi connectivity index (χ0) is 18.4. The van der Waals surface area contributed by atoms with Crippen LogP contribution in [0.2, 0.25) is 0 Å². The Balaban J connectivity index is 1.65. The maximum atomic E-state index is 12.7. The van der Waals surface area contributed by atoms with E-state index in [0.29, 0.717) is 17.9 Å². The molecule has 1 saturated heterocycles. The van der Waals surface area contributed by atoms with Crippen LogP contribution in [0.15, 0.2) is 48.5 Å². The highest BCUT2D eigenvalue weighted by atomic mass is 16.5. The molecule has 2 aromatic carbocycles. The van der Waals surface area contributed by atoms with Crippen LogP contribution in [0.25, 0.3) is 0 Å². The number of aldehydes is 1. The van der Waals surface area contributed by atoms with E-state index in [1.165, 1.54) is 0 Å². The van der Waals surface area contributed by atoms with Crippen molar-refractivity contribution in [2.24, 2.45) is 0 Å². The fraction of sp³-hybridized carbons (Fsp3) is 0.333. The molecule has 0 N–H and O–H groups in total. The van der Waals surface area contributed by atoms with Crippen molar-refractivity contribution in [1.82, 2.24) is 4.90 Å². The summed E-state index contributed by atoms with van der Waals surface area (Å²) >= 11 is 0. The Morgan fingerprint density at radius 2 is 1.92 bits per heavy atom. The summed E-state index contributed by atoms with van der Waals surface area (Å²) in [5, 5.41) is 0. The van der Waals surface area contributed by atoms with Gasteiger partial charge in [-0.3, -0.25) is 9.59 Å². The summed E-state index contributed by atoms with van der Waals surface area (Å²) in [6.45, 7) is 3.23. The lowest BCUT2D eigenvalue weighted by Gasteiger charge is -2.25. The van der Waals surface area contributed by atoms with Crippen LogP contribution >= 0.6 is 0 Å². The van der Waals surface area contributed by atoms with E-state index >= 15 is 0 Å². The van der Waals surface area contributed by atoms with Crippen molar-refractivity contribution in [1.29, 1.82) is 0 Å². The molecule has 1 fully saturated rings. The van der Waals surface area contributed by atoms with Crippen LogP contribution in [0.3, 0.4) is 0 Å². The fourth-order valence-corrected chi connectivity index (χ4v) is 3.30. The number of hydrogen-bond donors (Lipinski definition) is 0. The minimum atomic E-state index is -0.0710. The predicted molar refractivity (Wildman–Crippen MR) is 98.6 cm³/mol. The quantitative estimate of drug-likeness (QED) is 0.713. The normalized spacial score (nSPS) is 16.3. The minimum Gasteiger partial charge on any atom is -0.494 e. The lowest BCUT2D eigenvalue weighted by molar-refractivity contribution is -0.134. The summed E-state index contributed by atoms with van der Waals surface area (Å²) in [5.41, 5.74) is 1.55. The first-order chi connectivity index (χ1) is 12.7. The molecule has 1 aliphatic heterocycles. The largest absolute Gasteiger partial charge is 0.494 e. The van der Waals surface area contributed by atoms with Crippen LogP contribution in [-0.4, -0.2) is 36.9 Å². The van der Waals surface area contributed by atoms with Crippen LogP contribution in [0.4, 0.5) is 0 Å². The monoisotopic (exact) mass is 353 g/mol. The minimum absolute atomic E-state index is 0.0584. The third-order valence-corrected chi connectivity index (χ3v) is 4.55. The Bertz CT molecular complexity index is 757. The Morgan fingerprint density at radius 3 is 2.65 bits per heavy atom. The molecule has 2 aromatic rings. The Labute approximate surface area is 153 Å². The predicted octanol–water partition coefficient (Wildman–Crippen LogP) is 3.64. The van der Waals surface area contributed by atoms with Gasteiger partial charge in [0.15, 0.2) is 12.9 Å². The second-order valence-electron chi connectivity index (χ2n) is 6.19. The molecule has 0 radical (unpaired) electrons. The number of para-hydroxylation sites is 1. The van der Waals surface area contributed by atoms with Crippen molar-refractivity contribution >= 4 is 12.2 Å². The van der Waals surface area contributed by atoms with Crippen molar-refractivity contribution in [2.45, 2.75) is 25.8 Å². The van der Waals surface area contributed by atoms with Gasteiger partial charge in [0, 0.05) is 6.54 Å². The number of hydrogen-bond acceptors (Lipinski definition) is 4. The van der Waals surface area contributed by atoms with E-state index < -0.39 is 0 Å². The summed E-state index contributed by atoms with van der Waals surface area (Å²) in [7, 11) is 0. The third kappa shape index (κ3) is 4.04. The summed E-state index contributed by atoms with van der Waals surface area (Å²) < 4.78 is 11.1. The van der Waals surface area contributed by atoms with Gasteiger partial charge in [-0.1, -0.05) is 24.3 Å². The molecule has 0 aromatic heterocycles. The number of benzene rings is 2. The standard InChI is InChI=1S/C21H23NO4/c1-2-25-18-11-9-16(10-12-18)19-7-5-13-22(19)21(24)15-26-20-8-4-3-6-17(20)14-23/h3-4,6,8-12,14,19H,2,5,7,13,15H2,1H3. The van der Waals surface area contributed by atoms with Crippen LogP contribution in [0, 0.1) is 0 Å². The average molecular weight is 353 g/mol. The Morgan fingerprint density at radius 1 is 1.15 bits per heavy atom. The van der Waals surface area contributed by atoms with E-state index in [9.17, 15) is 9.59 Å². The molecule has 3 rings (SSSR count). The molecule has 1 atom stereocenters. The molecule has 0 bridgehead atoms. The Kier molecular flexibility index (Phi) is 5.89. The zero-order valence-corrected chi connectivity index (χ0v) is 14.9. The number of nitrogens with zero attached hydrogens (tertiary/aromatic N) is 1. The molecule has 0 saturated carbocycles. The van der Waals surface area contributed by atoms with Gasteiger partial charge in [0.25, 0.3) is 5.91 Å². The van der Waals surface area contributed by atoms with Crippen LogP contribution < -0.4 is 9.47 Å². The molecule has 5 nitrogen and oxygen atoms in total. The number of ether oxygens (including phenoxy) is 2. The summed E-state index contributed by atoms with van der Waals surface area (Å²) in [4.78, 5) is 25.6. The van der Waals surface area contributed by atoms with E-state index in [2.05, 4.69) is 0 Å². The van der Waals surface area contributed by atoms with Gasteiger partial charge in [-0.05, 0) is 49.6 Å². The maximum absolute atomic E-state index is 12.7. The SMILES string of the molecule is CCOc1ccc(C2CCCN2C(=O)COc2ccccc2C=O)cc1. The third-order valence-electron chi connectivity index (χ3n) is 4.55. The molecule has 5 heteroatoms. The van der Waals surface area contributed by atoms with Crippen molar-refractivity contribution in [3.05, 3.63) is 59.7 Å². The Hall–Kier alpha value is -2.82. The van der Waals surface area contributed by atoms with Crippen molar-refractivity contribution in [3.63, 3.8) is 0 Å². The van der Waals surface area contributed by atoms with E-state index in [-0.39, 0.29) is 18.6 Å². The zero-order valence-electron chi connectivity index (χ0n) is 14.9. The molecule has 136 valence electrons. The van der Waals surface area contributed by atoms with Crippen LogP contribution in [0.1, 0.15) is 41.7 Å². The first kappa shape index (κ1) is 18.0. The molecule has 0 spiro atoms. The first-order valence-corrected chi connectivity index (χ1v) is 8.92. The summed E-state index contributed by atoms with van der Waals surface area (Å²) in [6.07, 6.45) is 2.64. The van der Waals surface area contributed by atoms with E-state index in [1.807, 2.05) is 36.1 Å². The highest BCUT2D eigenvalue weighted by molar-refractivity contribution is 5.81. The topological polar surface area (TPSA) is 55.8 Å². The van der Waals surface area contributed by atoms with Gasteiger partial charge in [-0.2, -0.15) is 0 Å². The number of carbonyl (C=O) groups is 2. The number of carbonyl (C=O) groups excluding carboxylic acids is 2. The van der Waals surface area contributed by atoms with Crippen molar-refractivity contribution < 1.29 is 19.1 Å². The number of likely N-dealkylation sites (tertiary alicyclic amines) is 1. The van der Waals surface area contributed by atoms with Crippen LogP contribution in [-0.2, 0) is 4.79 Å². The first-order valence-electron chi connectivity index (χ1n) is 8.92. The van der Waals surface area contributed by atoms with Gasteiger partial charge in [0.2, 0.25) is 0 Å². The van der Waals surface area contributed by atoms with Gasteiger partial charge in [0.05, 0.1) is 18.2 Å². The van der Waals surface area contributed by atoms with E-state index in [1.54, 1.807) is 24.3 Å². The van der Waals surface area contributed by atoms with E-state index in [4.69, 9.17) is 9.47 Å². The highest BCUT2D eigenvalue weighted by Crippen LogP contribution is 2.33. The molecule has 0 aliphatic carbocycles. The van der Waals surface area contributed by atoms with Crippen LogP contribution in [0.5, 0.6) is 11.5 Å². The molecule has 1 unspecified atom stereocenters. The molecular weight excluding hydrogens is 330 g/mol. The average Bonchev–Trinajstić information content (AvgIpc) is 3.17. The van der Waals surface area contributed by atoms with Gasteiger partial charge in [-0.15, -0.1) is 0 Å². The maximum Gasteiger partial charge on any atom is 0.261 e. The van der Waals surface area contributed by atoms with Gasteiger partial charge in [-0.25, -0.2) is 0 Å². The molecular formula is C21H23NO4. The molecule has 1 heterocycles. The number of amides is 1. The second kappa shape index (κ2) is 8.52. The molecule has 1 amide bonds. The molecule has 1 aliphatic rings. The number of rotatable bonds is 7. The molecule has 26 heavy (non-hydrogen) atoms. The lowest BCUT2D eigenvalue weighted by Crippen LogP contribution is -2.34. The lowest BCUT2D eigenvalue weighted by atomic mass is 10.0. The highest BCUT2D eigenvalue weighted by Gasteiger charge is 2.30. The van der Waals surface area contributed by atoms with Gasteiger partial charge in [0.1, 0.15) is 11.5 Å². The van der Waals surface area contributed by atoms with Crippen molar-refractivity contribution in [2.75, 3.05) is 19.8 Å².